The number of primary amides is 1. The fraction of sp³-hybridized carbons (Fsp3) is 0.535. The van der Waals surface area contributed by atoms with Crippen LogP contribution in [0.1, 0.15) is 102 Å². The molecule has 59 heavy (non-hydrogen) atoms. The third-order valence-electron chi connectivity index (χ3n) is 10.4. The lowest BCUT2D eigenvalue weighted by Gasteiger charge is -2.35. The Balaban J connectivity index is 1.48. The van der Waals surface area contributed by atoms with E-state index in [0.717, 1.165) is 19.3 Å². The molecular weight excluding hydrogens is 761 g/mol. The molecule has 1 aliphatic heterocycles. The van der Waals surface area contributed by atoms with Crippen molar-refractivity contribution in [2.24, 2.45) is 11.7 Å². The number of ketones is 1. The molecule has 1 heterocycles. The molecule has 5 atom stereocenters. The van der Waals surface area contributed by atoms with Crippen molar-refractivity contribution >= 4 is 47.2 Å². The molecule has 16 nitrogen and oxygen atoms in total. The number of carboxylic acid groups (broad SMARTS) is 1. The van der Waals surface area contributed by atoms with Crippen molar-refractivity contribution in [1.29, 1.82) is 0 Å². The predicted octanol–water partition coefficient (Wildman–Crippen LogP) is 2.02. The summed E-state index contributed by atoms with van der Waals surface area (Å²) >= 11 is 0. The molecule has 16 heteroatoms. The van der Waals surface area contributed by atoms with Crippen molar-refractivity contribution in [3.05, 3.63) is 71.3 Å². The molecule has 0 radical (unpaired) electrons. The summed E-state index contributed by atoms with van der Waals surface area (Å²) in [6.07, 6.45) is 3.98. The van der Waals surface area contributed by atoms with Crippen molar-refractivity contribution in [3.63, 3.8) is 0 Å². The van der Waals surface area contributed by atoms with Crippen LogP contribution in [0.2, 0.25) is 0 Å². The first-order chi connectivity index (χ1) is 27.9. The number of carbonyl (C=O) groups is 8. The smallest absolute Gasteiger partial charge is 0.307 e. The van der Waals surface area contributed by atoms with E-state index in [1.54, 1.807) is 61.5 Å². The molecule has 1 saturated heterocycles. The van der Waals surface area contributed by atoms with E-state index < -0.39 is 89.6 Å². The number of aliphatic carboxylic acids is 1. The van der Waals surface area contributed by atoms with Crippen molar-refractivity contribution in [2.45, 2.75) is 128 Å². The molecule has 2 fully saturated rings. The molecule has 2 aliphatic rings. The normalized spacial score (nSPS) is 18.5. The van der Waals surface area contributed by atoms with E-state index in [-0.39, 0.29) is 38.1 Å². The van der Waals surface area contributed by atoms with E-state index in [0.29, 0.717) is 36.0 Å². The van der Waals surface area contributed by atoms with Gasteiger partial charge in [-0.25, -0.2) is 0 Å². The SMILES string of the molecule is CCCC(NC(=O)[C@@H]1C[C@@H](OC(C)(C)C)CN1C(=O)[C@@H](NC(=O)Cc1ccc(CC(=O)O)cc1)C1CCCCC1)C(=O)C(=O)NCC(=O)N[C@H](C(N)=O)c1ccccc1. The zero-order valence-corrected chi connectivity index (χ0v) is 34.3. The summed E-state index contributed by atoms with van der Waals surface area (Å²) in [6.45, 7) is 6.75. The highest BCUT2D eigenvalue weighted by Crippen LogP contribution is 2.31. The quantitative estimate of drug-likeness (QED) is 0.113. The standard InChI is InChI=1S/C43H58N6O10/c1-5-12-31(38(54)41(57)45-24-34(51)48-36(39(44)55)28-13-8-6-9-14-28)46-40(56)32-23-30(59-43(2,3)4)25-49(32)42(58)37(29-15-10-7-11-16-29)47-33(50)21-26-17-19-27(20-18-26)22-35(52)53/h6,8-9,13-14,17-20,29-32,36-37H,5,7,10-12,15-16,21-25H2,1-4H3,(H2,44,55)(H,45,57)(H,46,56)(H,47,50)(H,48,51)(H,52,53)/t30-,31?,32+,36+,37+/m1/s1. The fourth-order valence-corrected chi connectivity index (χ4v) is 7.67. The molecule has 2 aromatic rings. The summed E-state index contributed by atoms with van der Waals surface area (Å²) in [5.74, 6) is -6.39. The van der Waals surface area contributed by atoms with Crippen LogP contribution < -0.4 is 27.0 Å². The van der Waals surface area contributed by atoms with E-state index in [4.69, 9.17) is 15.6 Å². The van der Waals surface area contributed by atoms with Gasteiger partial charge in [-0.15, -0.1) is 0 Å². The lowest BCUT2D eigenvalue weighted by Crippen LogP contribution is -2.58. The first-order valence-corrected chi connectivity index (χ1v) is 20.3. The number of nitrogens with one attached hydrogen (secondary N) is 4. The Labute approximate surface area is 344 Å². The Hall–Kier alpha value is -5.64. The average molecular weight is 819 g/mol. The molecule has 1 unspecified atom stereocenters. The second-order valence-corrected chi connectivity index (χ2v) is 16.3. The lowest BCUT2D eigenvalue weighted by molar-refractivity contribution is -0.144. The number of hydrogen-bond acceptors (Lipinski definition) is 9. The largest absolute Gasteiger partial charge is 0.481 e. The molecule has 4 rings (SSSR count). The molecule has 0 bridgehead atoms. The fourth-order valence-electron chi connectivity index (χ4n) is 7.67. The number of hydrogen-bond donors (Lipinski definition) is 6. The third-order valence-corrected chi connectivity index (χ3v) is 10.4. The topological polar surface area (TPSA) is 243 Å². The summed E-state index contributed by atoms with van der Waals surface area (Å²) in [4.78, 5) is 106. The van der Waals surface area contributed by atoms with E-state index in [1.165, 1.54) is 4.90 Å². The van der Waals surface area contributed by atoms with Crippen LogP contribution in [0.5, 0.6) is 0 Å². The van der Waals surface area contributed by atoms with Crippen molar-refractivity contribution in [1.82, 2.24) is 26.2 Å². The van der Waals surface area contributed by atoms with Crippen LogP contribution in [-0.2, 0) is 55.9 Å². The van der Waals surface area contributed by atoms with Crippen molar-refractivity contribution < 1.29 is 48.2 Å². The van der Waals surface area contributed by atoms with Crippen molar-refractivity contribution in [2.75, 3.05) is 13.1 Å². The van der Waals surface area contributed by atoms with Gasteiger partial charge < -0.3 is 41.7 Å². The highest BCUT2D eigenvalue weighted by Gasteiger charge is 2.46. The first kappa shape index (κ1) is 46.1. The van der Waals surface area contributed by atoms with Crippen LogP contribution in [-0.4, -0.2) is 100 Å². The van der Waals surface area contributed by atoms with E-state index in [9.17, 15) is 38.4 Å². The van der Waals surface area contributed by atoms with E-state index >= 15 is 0 Å². The molecule has 7 N–H and O–H groups in total. The van der Waals surface area contributed by atoms with Gasteiger partial charge in [0.05, 0.1) is 37.1 Å². The number of rotatable bonds is 19. The van der Waals surface area contributed by atoms with Crippen LogP contribution in [0.15, 0.2) is 54.6 Å². The zero-order valence-electron chi connectivity index (χ0n) is 34.3. The van der Waals surface area contributed by atoms with Gasteiger partial charge in [-0.05, 0) is 62.6 Å². The van der Waals surface area contributed by atoms with Gasteiger partial charge in [0, 0.05) is 13.0 Å². The number of ether oxygens (including phenoxy) is 1. The molecule has 2 aromatic carbocycles. The van der Waals surface area contributed by atoms with Gasteiger partial charge in [0.25, 0.3) is 5.91 Å². The number of benzene rings is 2. The highest BCUT2D eigenvalue weighted by molar-refractivity contribution is 6.38. The number of Topliss-reactive ketones (excluding diaryl/α,β-unsaturated/α-hetero) is 1. The Morgan fingerprint density at radius 1 is 0.847 bits per heavy atom. The van der Waals surface area contributed by atoms with Gasteiger partial charge in [0.2, 0.25) is 35.3 Å². The minimum Gasteiger partial charge on any atom is -0.481 e. The minimum absolute atomic E-state index is 0.0488. The molecule has 320 valence electrons. The van der Waals surface area contributed by atoms with Gasteiger partial charge in [-0.2, -0.15) is 0 Å². The second-order valence-electron chi connectivity index (χ2n) is 16.3. The second kappa shape index (κ2) is 21.4. The molecule has 0 spiro atoms. The van der Waals surface area contributed by atoms with Crippen LogP contribution in [0.25, 0.3) is 0 Å². The molecular formula is C43H58N6O10. The van der Waals surface area contributed by atoms with Crippen LogP contribution in [0.3, 0.4) is 0 Å². The van der Waals surface area contributed by atoms with E-state index in [2.05, 4.69) is 21.3 Å². The maximum Gasteiger partial charge on any atom is 0.307 e. The Bertz CT molecular complexity index is 1820. The highest BCUT2D eigenvalue weighted by atomic mass is 16.5. The molecule has 1 saturated carbocycles. The Morgan fingerprint density at radius 2 is 1.47 bits per heavy atom. The summed E-state index contributed by atoms with van der Waals surface area (Å²) in [6, 6.07) is 10.4. The minimum atomic E-state index is -1.28. The molecule has 6 amide bonds. The summed E-state index contributed by atoms with van der Waals surface area (Å²) in [5.41, 5.74) is 6.52. The number of likely N-dealkylation sites (tertiary alicyclic amines) is 1. The van der Waals surface area contributed by atoms with Gasteiger partial charge in [-0.1, -0.05) is 87.2 Å². The van der Waals surface area contributed by atoms with Crippen LogP contribution >= 0.6 is 0 Å². The van der Waals surface area contributed by atoms with Crippen LogP contribution in [0.4, 0.5) is 0 Å². The van der Waals surface area contributed by atoms with Gasteiger partial charge in [0.1, 0.15) is 18.1 Å². The van der Waals surface area contributed by atoms with Gasteiger partial charge >= 0.3 is 5.97 Å². The summed E-state index contributed by atoms with van der Waals surface area (Å²) < 4.78 is 6.25. The number of carbonyl (C=O) groups excluding carboxylic acids is 7. The summed E-state index contributed by atoms with van der Waals surface area (Å²) in [5, 5.41) is 19.5. The van der Waals surface area contributed by atoms with Crippen LogP contribution in [0, 0.1) is 5.92 Å². The Morgan fingerprint density at radius 3 is 2.05 bits per heavy atom. The molecule has 1 aliphatic carbocycles. The summed E-state index contributed by atoms with van der Waals surface area (Å²) in [7, 11) is 0. The number of nitrogens with zero attached hydrogens (tertiary/aromatic N) is 1. The Kier molecular flexibility index (Phi) is 16.7. The number of amides is 6. The molecule has 0 aromatic heterocycles. The average Bonchev–Trinajstić information content (AvgIpc) is 3.61. The van der Waals surface area contributed by atoms with Gasteiger partial charge in [-0.3, -0.25) is 38.4 Å². The number of nitrogens with two attached hydrogens (primary N) is 1. The van der Waals surface area contributed by atoms with Gasteiger partial charge in [0.15, 0.2) is 0 Å². The van der Waals surface area contributed by atoms with Crippen molar-refractivity contribution in [3.8, 4) is 0 Å². The number of carboxylic acids is 1. The van der Waals surface area contributed by atoms with E-state index in [1.807, 2.05) is 20.8 Å². The first-order valence-electron chi connectivity index (χ1n) is 20.3. The monoisotopic (exact) mass is 818 g/mol. The predicted molar refractivity (Wildman–Crippen MR) is 216 cm³/mol. The lowest BCUT2D eigenvalue weighted by atomic mass is 9.83. The third kappa shape index (κ3) is 14.0. The zero-order chi connectivity index (χ0) is 43.3. The maximum absolute atomic E-state index is 14.6. The maximum atomic E-state index is 14.6.